The molecule has 0 aromatic heterocycles. The van der Waals surface area contributed by atoms with Gasteiger partial charge >= 0.3 is 0 Å². The SMILES string of the molecule is CNC(=O)[C@@H]1CN(Cc2cccc(OC)c2F)CCN(C(C)=O)C1. The van der Waals surface area contributed by atoms with Gasteiger partial charge in [-0.05, 0) is 6.07 Å². The molecule has 1 aliphatic heterocycles. The minimum Gasteiger partial charge on any atom is -0.494 e. The van der Waals surface area contributed by atoms with Gasteiger partial charge < -0.3 is 15.0 Å². The van der Waals surface area contributed by atoms with Crippen molar-refractivity contribution in [3.8, 4) is 5.75 Å². The molecule has 0 saturated carbocycles. The van der Waals surface area contributed by atoms with Crippen LogP contribution in [0.4, 0.5) is 4.39 Å². The monoisotopic (exact) mass is 337 g/mol. The minimum atomic E-state index is -0.385. The topological polar surface area (TPSA) is 61.9 Å². The molecule has 1 saturated heterocycles. The number of methoxy groups -OCH3 is 1. The first-order chi connectivity index (χ1) is 11.5. The third-order valence-corrected chi connectivity index (χ3v) is 4.33. The van der Waals surface area contributed by atoms with E-state index >= 15 is 0 Å². The quantitative estimate of drug-likeness (QED) is 0.885. The van der Waals surface area contributed by atoms with E-state index in [1.165, 1.54) is 14.0 Å². The van der Waals surface area contributed by atoms with Crippen LogP contribution in [0, 0.1) is 11.7 Å². The highest BCUT2D eigenvalue weighted by Crippen LogP contribution is 2.22. The molecule has 6 nitrogen and oxygen atoms in total. The average Bonchev–Trinajstić information content (AvgIpc) is 2.79. The van der Waals surface area contributed by atoms with Crippen LogP contribution >= 0.6 is 0 Å². The Hall–Kier alpha value is -2.15. The maximum atomic E-state index is 14.4. The molecule has 0 aliphatic carbocycles. The van der Waals surface area contributed by atoms with E-state index in [9.17, 15) is 14.0 Å². The smallest absolute Gasteiger partial charge is 0.225 e. The summed E-state index contributed by atoms with van der Waals surface area (Å²) in [5.41, 5.74) is 0.515. The van der Waals surface area contributed by atoms with Crippen LogP contribution in [0.25, 0.3) is 0 Å². The van der Waals surface area contributed by atoms with Crippen molar-refractivity contribution in [3.05, 3.63) is 29.6 Å². The fourth-order valence-electron chi connectivity index (χ4n) is 2.96. The Labute approximate surface area is 141 Å². The molecule has 132 valence electrons. The number of carbonyl (C=O) groups is 2. The lowest BCUT2D eigenvalue weighted by Crippen LogP contribution is -2.40. The third kappa shape index (κ3) is 4.23. The Morgan fingerprint density at radius 1 is 1.33 bits per heavy atom. The predicted octanol–water partition coefficient (Wildman–Crippen LogP) is 0.861. The van der Waals surface area contributed by atoms with Crippen molar-refractivity contribution in [2.75, 3.05) is 40.3 Å². The van der Waals surface area contributed by atoms with Crippen molar-refractivity contribution < 1.29 is 18.7 Å². The first kappa shape index (κ1) is 18.2. The summed E-state index contributed by atoms with van der Waals surface area (Å²) in [4.78, 5) is 27.5. The van der Waals surface area contributed by atoms with Crippen molar-refractivity contribution >= 4 is 11.8 Å². The summed E-state index contributed by atoms with van der Waals surface area (Å²) in [6, 6.07) is 5.03. The summed E-state index contributed by atoms with van der Waals surface area (Å²) < 4.78 is 19.4. The number of amides is 2. The lowest BCUT2D eigenvalue weighted by atomic mass is 10.1. The second-order valence-electron chi connectivity index (χ2n) is 5.94. The summed E-state index contributed by atoms with van der Waals surface area (Å²) in [6.45, 7) is 3.82. The molecular formula is C17H24FN3O3. The molecular weight excluding hydrogens is 313 g/mol. The zero-order valence-corrected chi connectivity index (χ0v) is 14.3. The predicted molar refractivity (Wildman–Crippen MR) is 88.0 cm³/mol. The van der Waals surface area contributed by atoms with Gasteiger partial charge in [-0.2, -0.15) is 0 Å². The summed E-state index contributed by atoms with van der Waals surface area (Å²) >= 11 is 0. The van der Waals surface area contributed by atoms with Crippen LogP contribution in [0.3, 0.4) is 0 Å². The van der Waals surface area contributed by atoms with Crippen LogP contribution in [0.2, 0.25) is 0 Å². The van der Waals surface area contributed by atoms with Crippen molar-refractivity contribution in [3.63, 3.8) is 0 Å². The van der Waals surface area contributed by atoms with E-state index in [2.05, 4.69) is 5.32 Å². The van der Waals surface area contributed by atoms with Gasteiger partial charge in [0, 0.05) is 52.3 Å². The van der Waals surface area contributed by atoms with E-state index in [4.69, 9.17) is 4.74 Å². The van der Waals surface area contributed by atoms with Crippen LogP contribution < -0.4 is 10.1 Å². The zero-order valence-electron chi connectivity index (χ0n) is 14.3. The largest absolute Gasteiger partial charge is 0.494 e. The second kappa shape index (κ2) is 8.10. The van der Waals surface area contributed by atoms with Gasteiger partial charge in [-0.1, -0.05) is 12.1 Å². The van der Waals surface area contributed by atoms with Crippen LogP contribution in [0.5, 0.6) is 5.75 Å². The number of benzene rings is 1. The van der Waals surface area contributed by atoms with Crippen molar-refractivity contribution in [2.45, 2.75) is 13.5 Å². The third-order valence-electron chi connectivity index (χ3n) is 4.33. The van der Waals surface area contributed by atoms with E-state index in [0.29, 0.717) is 38.3 Å². The summed E-state index contributed by atoms with van der Waals surface area (Å²) in [5, 5.41) is 2.64. The number of nitrogens with zero attached hydrogens (tertiary/aromatic N) is 2. The minimum absolute atomic E-state index is 0.0571. The molecule has 2 rings (SSSR count). The molecule has 2 amide bonds. The maximum Gasteiger partial charge on any atom is 0.225 e. The molecule has 0 spiro atoms. The van der Waals surface area contributed by atoms with Crippen molar-refractivity contribution in [1.29, 1.82) is 0 Å². The number of rotatable bonds is 4. The van der Waals surface area contributed by atoms with Gasteiger partial charge in [0.15, 0.2) is 11.6 Å². The van der Waals surface area contributed by atoms with Gasteiger partial charge in [0.2, 0.25) is 11.8 Å². The second-order valence-corrected chi connectivity index (χ2v) is 5.94. The lowest BCUT2D eigenvalue weighted by Gasteiger charge is -2.23. The number of hydrogen-bond acceptors (Lipinski definition) is 4. The van der Waals surface area contributed by atoms with Gasteiger partial charge in [0.25, 0.3) is 0 Å². The summed E-state index contributed by atoms with van der Waals surface area (Å²) in [5.74, 6) is -0.688. The number of halogens is 1. The Kier molecular flexibility index (Phi) is 6.14. The average molecular weight is 337 g/mol. The van der Waals surface area contributed by atoms with E-state index in [1.54, 1.807) is 30.1 Å². The lowest BCUT2D eigenvalue weighted by molar-refractivity contribution is -0.130. The van der Waals surface area contributed by atoms with Gasteiger partial charge in [0.1, 0.15) is 0 Å². The molecule has 0 bridgehead atoms. The van der Waals surface area contributed by atoms with Gasteiger partial charge in [-0.15, -0.1) is 0 Å². The van der Waals surface area contributed by atoms with Gasteiger partial charge in [-0.3, -0.25) is 14.5 Å². The van der Waals surface area contributed by atoms with Gasteiger partial charge in [0.05, 0.1) is 13.0 Å². The van der Waals surface area contributed by atoms with Crippen LogP contribution in [0.15, 0.2) is 18.2 Å². The number of ether oxygens (including phenoxy) is 1. The van der Waals surface area contributed by atoms with Crippen molar-refractivity contribution in [2.24, 2.45) is 5.92 Å². The Morgan fingerprint density at radius 3 is 2.71 bits per heavy atom. The molecule has 1 N–H and O–H groups in total. The van der Waals surface area contributed by atoms with E-state index in [0.717, 1.165) is 0 Å². The molecule has 0 unspecified atom stereocenters. The molecule has 1 atom stereocenters. The fraction of sp³-hybridized carbons (Fsp3) is 0.529. The summed E-state index contributed by atoms with van der Waals surface area (Å²) in [7, 11) is 3.01. The molecule has 24 heavy (non-hydrogen) atoms. The van der Waals surface area contributed by atoms with Gasteiger partial charge in [-0.25, -0.2) is 4.39 Å². The number of carbonyl (C=O) groups excluding carboxylic acids is 2. The molecule has 1 aliphatic rings. The molecule has 0 radical (unpaired) electrons. The van der Waals surface area contributed by atoms with E-state index < -0.39 is 0 Å². The molecule has 1 aromatic carbocycles. The van der Waals surface area contributed by atoms with Crippen LogP contribution in [0.1, 0.15) is 12.5 Å². The Balaban J connectivity index is 2.17. The number of hydrogen-bond donors (Lipinski definition) is 1. The number of nitrogens with one attached hydrogen (secondary N) is 1. The Morgan fingerprint density at radius 2 is 2.08 bits per heavy atom. The summed E-state index contributed by atoms with van der Waals surface area (Å²) in [6.07, 6.45) is 0. The van der Waals surface area contributed by atoms with Crippen molar-refractivity contribution in [1.82, 2.24) is 15.1 Å². The fourth-order valence-corrected chi connectivity index (χ4v) is 2.96. The highest BCUT2D eigenvalue weighted by molar-refractivity contribution is 5.80. The standard InChI is InChI=1S/C17H24FN3O3/c1-12(22)21-8-7-20(10-14(11-21)17(23)19-2)9-13-5-4-6-15(24-3)16(13)18/h4-6,14H,7-11H2,1-3H3,(H,19,23)/t14-/m1/s1. The van der Waals surface area contributed by atoms with E-state index in [1.807, 2.05) is 4.90 Å². The molecule has 1 fully saturated rings. The molecule has 1 aromatic rings. The van der Waals surface area contributed by atoms with Crippen LogP contribution in [-0.2, 0) is 16.1 Å². The first-order valence-corrected chi connectivity index (χ1v) is 7.97. The molecule has 7 heteroatoms. The highest BCUT2D eigenvalue weighted by atomic mass is 19.1. The Bertz CT molecular complexity index is 609. The zero-order chi connectivity index (χ0) is 17.7. The molecule has 1 heterocycles. The highest BCUT2D eigenvalue weighted by Gasteiger charge is 2.29. The normalized spacial score (nSPS) is 18.8. The van der Waals surface area contributed by atoms with Crippen LogP contribution in [-0.4, -0.2) is 62.0 Å². The van der Waals surface area contributed by atoms with E-state index in [-0.39, 0.29) is 29.3 Å². The first-order valence-electron chi connectivity index (χ1n) is 7.97. The maximum absolute atomic E-state index is 14.4.